The van der Waals surface area contributed by atoms with E-state index >= 15 is 9.59 Å². The average Bonchev–Trinajstić information content (AvgIpc) is 1.76. The number of carboxylic acid groups (broad SMARTS) is 1. The Morgan fingerprint density at radius 1 is 0.670 bits per heavy atom. The molecule has 7 rings (SSSR count). The fourth-order valence-electron chi connectivity index (χ4n) is 11.3. The molecule has 4 heterocycles. The summed E-state index contributed by atoms with van der Waals surface area (Å²) in [7, 11) is 0. The predicted molar refractivity (Wildman–Crippen MR) is 356 cm³/mol. The van der Waals surface area contributed by atoms with Crippen molar-refractivity contribution in [2.24, 2.45) is 28.1 Å². The number of aliphatic hydroxyl groups is 1. The monoisotopic (exact) mass is 1340 g/mol. The number of fused-ring (bicyclic) bond motifs is 1. The van der Waals surface area contributed by atoms with E-state index in [1.807, 2.05) is 44.2 Å². The number of aliphatic carboxylic acids is 1. The molecule has 1 aliphatic heterocycles. The van der Waals surface area contributed by atoms with Crippen molar-refractivity contribution in [3.05, 3.63) is 138 Å². The van der Waals surface area contributed by atoms with Gasteiger partial charge in [0.1, 0.15) is 54.1 Å². The molecule has 3 aromatic heterocycles. The van der Waals surface area contributed by atoms with Crippen molar-refractivity contribution in [3.63, 3.8) is 0 Å². The molecule has 0 bridgehead atoms. The lowest BCUT2D eigenvalue weighted by molar-refractivity contribution is -0.142. The van der Waals surface area contributed by atoms with Gasteiger partial charge in [0.2, 0.25) is 53.2 Å². The zero-order valence-electron chi connectivity index (χ0n) is 54.4. The van der Waals surface area contributed by atoms with Crippen molar-refractivity contribution in [2.45, 2.75) is 152 Å². The van der Waals surface area contributed by atoms with Gasteiger partial charge in [0, 0.05) is 99.2 Å². The van der Waals surface area contributed by atoms with Crippen LogP contribution in [0.5, 0.6) is 5.75 Å². The lowest BCUT2D eigenvalue weighted by atomic mass is 10.00. The number of aromatic hydroxyl groups is 1. The fraction of sp³-hybridized carbons (Fsp3) is 0.439. The number of amides is 9. The Labute approximate surface area is 559 Å². The van der Waals surface area contributed by atoms with Crippen LogP contribution in [-0.2, 0) is 80.2 Å². The predicted octanol–water partition coefficient (Wildman–Crippen LogP) is -1.08. The third-order valence-corrected chi connectivity index (χ3v) is 16.3. The van der Waals surface area contributed by atoms with Crippen LogP contribution in [0.15, 0.2) is 115 Å². The molecule has 9 atom stereocenters. The standard InChI is InChI=1S/C66H88N18O13/c1-4-72-64(96)55-17-11-25-84(55)65(97)48(16-10-24-73-66(68)69)76-58(90)49(26-38(2)3)78-62(94)53(30-43-33-71-37-83(43)34-40-12-6-5-7-13-40)81-59(91)50(27-39-18-20-44(86)21-19-39)79-63(95)54(35-85)82-60(92)51(28-41-31-74-47-15-9-8-14-45(41)47)80-61(93)52(29-42-32-70-36-75-42)77-57(89)46(67)22-23-56(87)88/h5-9,12-15,18-21,31-33,36-38,46,48-55,74,85-86H,4,10-11,16-17,22-30,34-35,67H2,1-3H3,(H,70,75)(H,72,96)(H,76,90)(H,77,89)(H,78,94)(H,79,95)(H,80,93)(H,81,91)(H,82,92)(H,87,88)(H4,68,69,73)/t46-,48-,49-,50-,51-,52-,53-,54-,55-/m0/s1. The number of likely N-dealkylation sites (tertiary alicyclic amines) is 1. The second kappa shape index (κ2) is 36.3. The Morgan fingerprint density at radius 3 is 1.91 bits per heavy atom. The summed E-state index contributed by atoms with van der Waals surface area (Å²) in [5.41, 5.74) is 20.6. The van der Waals surface area contributed by atoms with E-state index in [1.54, 1.807) is 48.3 Å². The molecule has 31 heteroatoms. The van der Waals surface area contributed by atoms with Gasteiger partial charge >= 0.3 is 5.97 Å². The molecule has 19 N–H and O–H groups in total. The highest BCUT2D eigenvalue weighted by molar-refractivity contribution is 5.99. The largest absolute Gasteiger partial charge is 0.508 e. The number of hydrogen-bond acceptors (Lipinski definition) is 16. The summed E-state index contributed by atoms with van der Waals surface area (Å²) in [6.07, 6.45) is 7.03. The Hall–Kier alpha value is -10.7. The number of benzene rings is 3. The molecule has 6 aromatic rings. The fourth-order valence-corrected chi connectivity index (χ4v) is 11.3. The van der Waals surface area contributed by atoms with Crippen molar-refractivity contribution in [1.82, 2.24) is 71.9 Å². The first-order chi connectivity index (χ1) is 46.5. The lowest BCUT2D eigenvalue weighted by Gasteiger charge is -2.30. The van der Waals surface area contributed by atoms with Gasteiger partial charge in [-0.15, -0.1) is 0 Å². The quantitative estimate of drug-likeness (QED) is 0.0125. The van der Waals surface area contributed by atoms with Crippen LogP contribution in [0.25, 0.3) is 10.9 Å². The minimum Gasteiger partial charge on any atom is -0.508 e. The maximum absolute atomic E-state index is 15.2. The third kappa shape index (κ3) is 22.2. The molecule has 0 unspecified atom stereocenters. The Morgan fingerprint density at radius 2 is 1.27 bits per heavy atom. The van der Waals surface area contributed by atoms with E-state index in [0.29, 0.717) is 59.3 Å². The molecule has 97 heavy (non-hydrogen) atoms. The number of aliphatic hydroxyl groups excluding tert-OH is 1. The maximum Gasteiger partial charge on any atom is 0.303 e. The molecule has 3 aromatic carbocycles. The second-order valence-electron chi connectivity index (χ2n) is 24.2. The molecule has 1 saturated heterocycles. The van der Waals surface area contributed by atoms with Gasteiger partial charge in [-0.05, 0) is 86.3 Å². The number of carbonyl (C=O) groups excluding carboxylic acids is 9. The van der Waals surface area contributed by atoms with Gasteiger partial charge in [-0.1, -0.05) is 74.5 Å². The zero-order chi connectivity index (χ0) is 70.1. The van der Waals surface area contributed by atoms with E-state index in [2.05, 4.69) is 67.5 Å². The molecule has 9 amide bonds. The Bertz CT molecular complexity index is 3670. The Kier molecular flexibility index (Phi) is 27.6. The summed E-state index contributed by atoms with van der Waals surface area (Å²) in [5, 5.41) is 52.7. The van der Waals surface area contributed by atoms with Crippen molar-refractivity contribution in [3.8, 4) is 5.75 Å². The number of rotatable bonds is 37. The number of nitrogens with zero attached hydrogens (tertiary/aromatic N) is 5. The summed E-state index contributed by atoms with van der Waals surface area (Å²) >= 11 is 0. The summed E-state index contributed by atoms with van der Waals surface area (Å²) in [6.45, 7) is 5.33. The molecular weight excluding hydrogens is 1250 g/mol. The van der Waals surface area contributed by atoms with E-state index < -0.39 is 121 Å². The number of nitrogens with one attached hydrogen (secondary N) is 10. The molecule has 1 fully saturated rings. The summed E-state index contributed by atoms with van der Waals surface area (Å²) in [6, 6.07) is 9.53. The van der Waals surface area contributed by atoms with Crippen LogP contribution in [0.1, 0.15) is 93.8 Å². The van der Waals surface area contributed by atoms with E-state index in [1.165, 1.54) is 47.9 Å². The number of carbonyl (C=O) groups is 10. The first kappa shape index (κ1) is 73.7. The van der Waals surface area contributed by atoms with Gasteiger partial charge < -0.3 is 94.5 Å². The van der Waals surface area contributed by atoms with Gasteiger partial charge in [0.05, 0.1) is 25.3 Å². The van der Waals surface area contributed by atoms with E-state index in [4.69, 9.17) is 17.2 Å². The van der Waals surface area contributed by atoms with Crippen LogP contribution < -0.4 is 59.7 Å². The summed E-state index contributed by atoms with van der Waals surface area (Å²) < 4.78 is 1.76. The molecular formula is C66H88N18O13. The number of H-pyrrole nitrogens is 2. The first-order valence-corrected chi connectivity index (χ1v) is 32.2. The molecule has 1 aliphatic rings. The first-order valence-electron chi connectivity index (χ1n) is 32.2. The minimum atomic E-state index is -1.83. The highest BCUT2D eigenvalue weighted by atomic mass is 16.4. The molecule has 0 aliphatic carbocycles. The lowest BCUT2D eigenvalue weighted by Crippen LogP contribution is -2.61. The second-order valence-corrected chi connectivity index (χ2v) is 24.2. The van der Waals surface area contributed by atoms with Crippen molar-refractivity contribution >= 4 is 76.0 Å². The third-order valence-electron chi connectivity index (χ3n) is 16.3. The number of nitrogens with two attached hydrogens (primary N) is 3. The molecule has 0 saturated carbocycles. The van der Waals surface area contributed by atoms with Crippen LogP contribution >= 0.6 is 0 Å². The molecule has 0 spiro atoms. The Balaban J connectivity index is 1.18. The smallest absolute Gasteiger partial charge is 0.303 e. The topological polar surface area (TPSA) is 484 Å². The van der Waals surface area contributed by atoms with Crippen molar-refractivity contribution in [2.75, 3.05) is 26.2 Å². The van der Waals surface area contributed by atoms with Crippen LogP contribution in [-0.4, -0.2) is 190 Å². The number of aromatic nitrogens is 5. The highest BCUT2D eigenvalue weighted by Crippen LogP contribution is 2.23. The minimum absolute atomic E-state index is 0.0394. The number of hydrogen-bond donors (Lipinski definition) is 16. The van der Waals surface area contributed by atoms with Crippen LogP contribution in [0.3, 0.4) is 0 Å². The molecule has 520 valence electrons. The van der Waals surface area contributed by atoms with E-state index in [0.717, 1.165) is 5.56 Å². The van der Waals surface area contributed by atoms with Crippen LogP contribution in [0, 0.1) is 5.92 Å². The van der Waals surface area contributed by atoms with Crippen molar-refractivity contribution in [1.29, 1.82) is 0 Å². The number of aromatic amines is 2. The van der Waals surface area contributed by atoms with Gasteiger partial charge in [-0.3, -0.25) is 52.9 Å². The number of aliphatic imine (C=N–C) groups is 1. The number of guanidine groups is 1. The van der Waals surface area contributed by atoms with E-state index in [-0.39, 0.29) is 88.0 Å². The summed E-state index contributed by atoms with van der Waals surface area (Å²) in [5.74, 6) is -9.02. The number of imidazole rings is 2. The number of para-hydroxylation sites is 1. The zero-order valence-corrected chi connectivity index (χ0v) is 54.4. The van der Waals surface area contributed by atoms with Gasteiger partial charge in [0.25, 0.3) is 0 Å². The number of phenolic OH excluding ortho intramolecular Hbond substituents is 1. The number of phenols is 1. The summed E-state index contributed by atoms with van der Waals surface area (Å²) in [4.78, 5) is 161. The van der Waals surface area contributed by atoms with Gasteiger partial charge in [-0.25, -0.2) is 9.97 Å². The van der Waals surface area contributed by atoms with Gasteiger partial charge in [-0.2, -0.15) is 0 Å². The SMILES string of the molecule is CCNC(=O)[C@@H]1CCCN1C(=O)[C@H](CCCN=C(N)N)NC(=O)[C@H](CC(C)C)NC(=O)[C@H](Cc1cncn1Cc1ccccc1)NC(=O)[C@H](Cc1ccc(O)cc1)NC(=O)[C@H](CO)NC(=O)[C@H](Cc1c[nH]c2ccccc12)NC(=O)[C@H](Cc1cnc[nH]1)NC(=O)[C@@H](N)CCC(=O)O. The van der Waals surface area contributed by atoms with Crippen LogP contribution in [0.2, 0.25) is 0 Å². The average molecular weight is 1340 g/mol. The van der Waals surface area contributed by atoms with Crippen LogP contribution in [0.4, 0.5) is 0 Å². The number of likely N-dealkylation sites (N-methyl/N-ethyl adjacent to an activating group) is 1. The van der Waals surface area contributed by atoms with Crippen molar-refractivity contribution < 1.29 is 63.3 Å². The molecule has 0 radical (unpaired) electrons. The van der Waals surface area contributed by atoms with Gasteiger partial charge in [0.15, 0.2) is 5.96 Å². The maximum atomic E-state index is 15.2. The number of carboxylic acids is 1. The normalized spacial score (nSPS) is 15.3. The van der Waals surface area contributed by atoms with E-state index in [9.17, 15) is 53.7 Å². The highest BCUT2D eigenvalue weighted by Gasteiger charge is 2.40. The molecule has 31 nitrogen and oxygen atoms in total.